The predicted molar refractivity (Wildman–Crippen MR) is 49.7 cm³/mol. The maximum absolute atomic E-state index is 12.7. The third-order valence-corrected chi connectivity index (χ3v) is 2.30. The zero-order valence-electron chi connectivity index (χ0n) is 7.53. The number of halogens is 1. The van der Waals surface area contributed by atoms with Gasteiger partial charge in [0.1, 0.15) is 11.6 Å². The van der Waals surface area contributed by atoms with Gasteiger partial charge in [-0.25, -0.2) is 4.39 Å². The van der Waals surface area contributed by atoms with Crippen LogP contribution in [0.1, 0.15) is 12.8 Å². The van der Waals surface area contributed by atoms with E-state index in [1.165, 1.54) is 17.0 Å². The van der Waals surface area contributed by atoms with E-state index in [0.717, 1.165) is 12.5 Å². The fourth-order valence-corrected chi connectivity index (χ4v) is 1.63. The Balaban J connectivity index is 2.36. The normalized spacial score (nSPS) is 16.4. The summed E-state index contributed by atoms with van der Waals surface area (Å²) in [6, 6.07) is 3.68. The molecule has 1 heterocycles. The number of phenolic OH excluding ortho intramolecular Hbond substituents is 1. The van der Waals surface area contributed by atoms with E-state index in [4.69, 9.17) is 0 Å². The number of benzene rings is 1. The number of hydrogen-bond acceptors (Lipinski definition) is 2. The Hall–Kier alpha value is -1.58. The summed E-state index contributed by atoms with van der Waals surface area (Å²) in [5.74, 6) is -0.704. The van der Waals surface area contributed by atoms with Crippen LogP contribution in [0, 0.1) is 5.82 Å². The van der Waals surface area contributed by atoms with E-state index in [2.05, 4.69) is 0 Å². The van der Waals surface area contributed by atoms with Crippen LogP contribution >= 0.6 is 0 Å². The summed E-state index contributed by atoms with van der Waals surface area (Å²) in [5.41, 5.74) is 0.397. The second-order valence-corrected chi connectivity index (χ2v) is 3.28. The molecule has 0 radical (unpaired) electrons. The van der Waals surface area contributed by atoms with Crippen molar-refractivity contribution in [3.05, 3.63) is 24.0 Å². The van der Waals surface area contributed by atoms with Gasteiger partial charge in [0.25, 0.3) is 0 Å². The van der Waals surface area contributed by atoms with Gasteiger partial charge in [0.15, 0.2) is 0 Å². The number of hydrogen-bond donors (Lipinski definition) is 1. The lowest BCUT2D eigenvalue weighted by Crippen LogP contribution is -2.23. The minimum atomic E-state index is -0.502. The molecule has 0 spiro atoms. The summed E-state index contributed by atoms with van der Waals surface area (Å²) in [7, 11) is 0. The van der Waals surface area contributed by atoms with E-state index >= 15 is 0 Å². The van der Waals surface area contributed by atoms with Gasteiger partial charge in [-0.2, -0.15) is 0 Å². The highest BCUT2D eigenvalue weighted by Crippen LogP contribution is 2.30. The van der Waals surface area contributed by atoms with Crippen molar-refractivity contribution >= 4 is 11.6 Å². The van der Waals surface area contributed by atoms with Crippen molar-refractivity contribution in [2.24, 2.45) is 0 Å². The highest BCUT2D eigenvalue weighted by Gasteiger charge is 2.23. The molecule has 0 unspecified atom stereocenters. The van der Waals surface area contributed by atoms with Crippen LogP contribution in [0.5, 0.6) is 5.75 Å². The van der Waals surface area contributed by atoms with Gasteiger partial charge in [-0.15, -0.1) is 0 Å². The Morgan fingerprint density at radius 1 is 1.43 bits per heavy atom. The van der Waals surface area contributed by atoms with Gasteiger partial charge >= 0.3 is 0 Å². The Kier molecular flexibility index (Phi) is 2.11. The molecule has 1 aliphatic rings. The molecule has 74 valence electrons. The van der Waals surface area contributed by atoms with Crippen LogP contribution in [0.4, 0.5) is 10.1 Å². The lowest BCUT2D eigenvalue weighted by Gasteiger charge is -2.16. The van der Waals surface area contributed by atoms with Gasteiger partial charge in [-0.3, -0.25) is 4.79 Å². The second-order valence-electron chi connectivity index (χ2n) is 3.28. The number of nitrogens with zero attached hydrogens (tertiary/aromatic N) is 1. The molecule has 3 nitrogen and oxygen atoms in total. The van der Waals surface area contributed by atoms with E-state index in [-0.39, 0.29) is 11.7 Å². The van der Waals surface area contributed by atoms with Crippen LogP contribution in [0.25, 0.3) is 0 Å². The van der Waals surface area contributed by atoms with E-state index in [1.807, 2.05) is 0 Å². The lowest BCUT2D eigenvalue weighted by molar-refractivity contribution is -0.117. The monoisotopic (exact) mass is 195 g/mol. The maximum Gasteiger partial charge on any atom is 0.227 e. The molecule has 2 rings (SSSR count). The van der Waals surface area contributed by atoms with Gasteiger partial charge in [0.2, 0.25) is 5.91 Å². The van der Waals surface area contributed by atoms with Crippen LogP contribution in [-0.4, -0.2) is 17.6 Å². The SMILES string of the molecule is O=C1CCCN1c1ccc(F)cc1O. The number of anilines is 1. The van der Waals surface area contributed by atoms with Crippen LogP contribution in [0.15, 0.2) is 18.2 Å². The standard InChI is InChI=1S/C10H10FNO2/c11-7-3-4-8(9(13)6-7)12-5-1-2-10(12)14/h3-4,6,13H,1-2,5H2. The number of rotatable bonds is 1. The van der Waals surface area contributed by atoms with Crippen molar-refractivity contribution < 1.29 is 14.3 Å². The molecule has 1 aliphatic heterocycles. The summed E-state index contributed by atoms with van der Waals surface area (Å²) in [6.45, 7) is 0.595. The van der Waals surface area contributed by atoms with Crippen molar-refractivity contribution in [3.8, 4) is 5.75 Å². The van der Waals surface area contributed by atoms with Crippen LogP contribution in [0.3, 0.4) is 0 Å². The van der Waals surface area contributed by atoms with Crippen LogP contribution < -0.4 is 4.90 Å². The second kappa shape index (κ2) is 3.29. The average molecular weight is 195 g/mol. The molecule has 1 aromatic rings. The maximum atomic E-state index is 12.7. The molecule has 1 saturated heterocycles. The quantitative estimate of drug-likeness (QED) is 0.740. The average Bonchev–Trinajstić information content (AvgIpc) is 2.52. The Bertz CT molecular complexity index is 378. The predicted octanol–water partition coefficient (Wildman–Crippen LogP) is 1.66. The molecule has 0 aromatic heterocycles. The van der Waals surface area contributed by atoms with Crippen molar-refractivity contribution in [3.63, 3.8) is 0 Å². The summed E-state index contributed by atoms with van der Waals surface area (Å²) in [4.78, 5) is 12.8. The Morgan fingerprint density at radius 2 is 2.21 bits per heavy atom. The van der Waals surface area contributed by atoms with E-state index in [0.29, 0.717) is 18.7 Å². The van der Waals surface area contributed by atoms with Gasteiger partial charge in [0, 0.05) is 19.0 Å². The van der Waals surface area contributed by atoms with Gasteiger partial charge in [0.05, 0.1) is 5.69 Å². The minimum Gasteiger partial charge on any atom is -0.506 e. The first-order chi connectivity index (χ1) is 6.68. The largest absolute Gasteiger partial charge is 0.506 e. The van der Waals surface area contributed by atoms with E-state index in [1.54, 1.807) is 0 Å². The number of carbonyl (C=O) groups is 1. The zero-order valence-corrected chi connectivity index (χ0v) is 7.53. The first kappa shape index (κ1) is 8.99. The molecular weight excluding hydrogens is 185 g/mol. The third kappa shape index (κ3) is 1.43. The minimum absolute atomic E-state index is 0.0214. The molecule has 1 fully saturated rings. The molecule has 14 heavy (non-hydrogen) atoms. The molecule has 0 aliphatic carbocycles. The van der Waals surface area contributed by atoms with E-state index in [9.17, 15) is 14.3 Å². The first-order valence-electron chi connectivity index (χ1n) is 4.47. The third-order valence-electron chi connectivity index (χ3n) is 2.30. The molecule has 4 heteroatoms. The molecule has 0 saturated carbocycles. The number of phenols is 1. The summed E-state index contributed by atoms with van der Waals surface area (Å²) >= 11 is 0. The fourth-order valence-electron chi connectivity index (χ4n) is 1.63. The number of aromatic hydroxyl groups is 1. The van der Waals surface area contributed by atoms with Crippen molar-refractivity contribution in [1.82, 2.24) is 0 Å². The molecule has 1 amide bonds. The van der Waals surface area contributed by atoms with E-state index < -0.39 is 5.82 Å². The van der Waals surface area contributed by atoms with Crippen LogP contribution in [-0.2, 0) is 4.79 Å². The Morgan fingerprint density at radius 3 is 2.79 bits per heavy atom. The van der Waals surface area contributed by atoms with Gasteiger partial charge < -0.3 is 10.0 Å². The lowest BCUT2D eigenvalue weighted by atomic mass is 10.2. The summed E-state index contributed by atoms with van der Waals surface area (Å²) in [6.07, 6.45) is 1.28. The highest BCUT2D eigenvalue weighted by molar-refractivity contribution is 5.96. The zero-order chi connectivity index (χ0) is 10.1. The number of amides is 1. The van der Waals surface area contributed by atoms with Crippen molar-refractivity contribution in [1.29, 1.82) is 0 Å². The Labute approximate surface area is 80.8 Å². The first-order valence-corrected chi connectivity index (χ1v) is 4.47. The number of carbonyl (C=O) groups excluding carboxylic acids is 1. The molecule has 1 aromatic carbocycles. The molecule has 0 bridgehead atoms. The highest BCUT2D eigenvalue weighted by atomic mass is 19.1. The summed E-state index contributed by atoms with van der Waals surface area (Å²) < 4.78 is 12.7. The smallest absolute Gasteiger partial charge is 0.227 e. The van der Waals surface area contributed by atoms with Gasteiger partial charge in [-0.05, 0) is 18.6 Å². The molecular formula is C10H10FNO2. The molecule has 0 atom stereocenters. The topological polar surface area (TPSA) is 40.5 Å². The van der Waals surface area contributed by atoms with Gasteiger partial charge in [-0.1, -0.05) is 0 Å². The van der Waals surface area contributed by atoms with Crippen molar-refractivity contribution in [2.45, 2.75) is 12.8 Å². The molecule has 1 N–H and O–H groups in total. The van der Waals surface area contributed by atoms with Crippen LogP contribution in [0.2, 0.25) is 0 Å². The van der Waals surface area contributed by atoms with Crippen molar-refractivity contribution in [2.75, 3.05) is 11.4 Å². The summed E-state index contributed by atoms with van der Waals surface area (Å²) in [5, 5.41) is 9.44. The fraction of sp³-hybridized carbons (Fsp3) is 0.300.